The van der Waals surface area contributed by atoms with Gasteiger partial charge in [-0.15, -0.1) is 0 Å². The van der Waals surface area contributed by atoms with Crippen molar-refractivity contribution in [3.63, 3.8) is 0 Å². The first-order valence-electron chi connectivity index (χ1n) is 13.5. The van der Waals surface area contributed by atoms with E-state index in [9.17, 15) is 0 Å². The van der Waals surface area contributed by atoms with Crippen LogP contribution >= 0.6 is 17.0 Å². The molecule has 5 aromatic rings. The van der Waals surface area contributed by atoms with E-state index in [1.165, 1.54) is 69.3 Å². The summed E-state index contributed by atoms with van der Waals surface area (Å²) in [5.41, 5.74) is 12.9. The molecule has 0 aromatic heterocycles. The van der Waals surface area contributed by atoms with Gasteiger partial charge in [0.05, 0.1) is 0 Å². The molecule has 1 aliphatic heterocycles. The molecule has 7 rings (SSSR count). The standard InChI is InChI=1S/C23H19.C12H9Si.2ClH.Zr/c1-16-8-6-7-11-21(16)23-17(2)12-13-19-14-20(15-22(19)23)18-9-4-3-5-10-18;1-3-7-11-9(5-1)10-6-2-4-8-12(10)13-11;;;/h3-15H,1-2H3;1-7H,13H2;2*1H;/q;;;;+2/p-2. The fraction of sp³-hybridized carbons (Fsp3) is 0.0857. The number of allylic oxidation sites excluding steroid dienone is 1. The topological polar surface area (TPSA) is 0 Å². The molecule has 4 heteroatoms. The number of hydrogen-bond acceptors (Lipinski definition) is 0. The van der Waals surface area contributed by atoms with Gasteiger partial charge in [-0.25, -0.2) is 0 Å². The van der Waals surface area contributed by atoms with Crippen molar-refractivity contribution in [1.29, 1.82) is 0 Å². The zero-order valence-corrected chi connectivity index (χ0v) is 27.4. The second-order valence-electron chi connectivity index (χ2n) is 10.8. The van der Waals surface area contributed by atoms with Gasteiger partial charge >= 0.3 is 246 Å². The van der Waals surface area contributed by atoms with Crippen LogP contribution in [0.5, 0.6) is 0 Å². The number of aryl methyl sites for hydroxylation is 2. The van der Waals surface area contributed by atoms with E-state index < -0.39 is 27.4 Å². The van der Waals surface area contributed by atoms with Crippen molar-refractivity contribution in [2.24, 2.45) is 0 Å². The number of rotatable bonds is 4. The molecule has 0 amide bonds. The molecule has 1 aliphatic carbocycles. The van der Waals surface area contributed by atoms with E-state index in [0.717, 1.165) is 0 Å². The number of halogens is 2. The second-order valence-corrected chi connectivity index (χ2v) is 26.6. The van der Waals surface area contributed by atoms with Crippen molar-refractivity contribution in [1.82, 2.24) is 0 Å². The Morgan fingerprint density at radius 1 is 0.641 bits per heavy atom. The molecule has 190 valence electrons. The van der Waals surface area contributed by atoms with Gasteiger partial charge in [0.15, 0.2) is 0 Å². The van der Waals surface area contributed by atoms with Crippen LogP contribution in [0.15, 0.2) is 109 Å². The Morgan fingerprint density at radius 2 is 1.33 bits per heavy atom. The average molecular weight is 639 g/mol. The van der Waals surface area contributed by atoms with Crippen LogP contribution in [0.25, 0.3) is 33.9 Å². The van der Waals surface area contributed by atoms with Crippen molar-refractivity contribution in [2.75, 3.05) is 0 Å². The molecular weight excluding hydrogens is 611 g/mol. The third-order valence-electron chi connectivity index (χ3n) is 8.50. The van der Waals surface area contributed by atoms with E-state index in [1.54, 1.807) is 0 Å². The Kier molecular flexibility index (Phi) is 6.44. The Balaban J connectivity index is 1.46. The first-order chi connectivity index (χ1) is 18.9. The molecule has 0 fully saturated rings. The maximum absolute atomic E-state index is 7.89. The summed E-state index contributed by atoms with van der Waals surface area (Å²) >= 11 is -4.08. The third kappa shape index (κ3) is 4.11. The summed E-state index contributed by atoms with van der Waals surface area (Å²) in [7, 11) is 15.1. The minimum atomic E-state index is -4.08. The first-order valence-corrected chi connectivity index (χ1v) is 23.9. The summed E-state index contributed by atoms with van der Waals surface area (Å²) in [6.07, 6.45) is 2.40. The van der Waals surface area contributed by atoms with Crippen LogP contribution in [0.2, 0.25) is 0 Å². The second kappa shape index (κ2) is 9.86. The van der Waals surface area contributed by atoms with Crippen LogP contribution in [0, 0.1) is 13.8 Å². The van der Waals surface area contributed by atoms with Crippen LogP contribution < -0.4 is 13.6 Å². The molecule has 5 aromatic carbocycles. The Labute approximate surface area is 244 Å². The molecule has 0 spiro atoms. The third-order valence-corrected chi connectivity index (χ3v) is 22.7. The van der Waals surface area contributed by atoms with E-state index in [2.05, 4.69) is 129 Å². The predicted octanol–water partition coefficient (Wildman–Crippen LogP) is 7.45. The fourth-order valence-corrected chi connectivity index (χ4v) is 23.1. The van der Waals surface area contributed by atoms with E-state index in [4.69, 9.17) is 17.0 Å². The Morgan fingerprint density at radius 3 is 2.13 bits per heavy atom. The van der Waals surface area contributed by atoms with Crippen molar-refractivity contribution in [2.45, 2.75) is 17.5 Å². The van der Waals surface area contributed by atoms with Gasteiger partial charge in [-0.3, -0.25) is 0 Å². The van der Waals surface area contributed by atoms with Gasteiger partial charge < -0.3 is 0 Å². The molecule has 39 heavy (non-hydrogen) atoms. The summed E-state index contributed by atoms with van der Waals surface area (Å²) in [6, 6.07) is 39.6. The van der Waals surface area contributed by atoms with Crippen molar-refractivity contribution >= 4 is 51.8 Å². The fourth-order valence-electron chi connectivity index (χ4n) is 6.67. The van der Waals surface area contributed by atoms with Gasteiger partial charge in [0.25, 0.3) is 0 Å². The quantitative estimate of drug-likeness (QED) is 0.176. The summed E-state index contributed by atoms with van der Waals surface area (Å²) in [5, 5.41) is 2.96. The Hall–Kier alpha value is -2.48. The van der Waals surface area contributed by atoms with Gasteiger partial charge in [0, 0.05) is 0 Å². The van der Waals surface area contributed by atoms with Gasteiger partial charge in [-0.05, 0) is 0 Å². The van der Waals surface area contributed by atoms with Crippen molar-refractivity contribution in [3.05, 3.63) is 137 Å². The number of hydrogen-bond donors (Lipinski definition) is 0. The average Bonchev–Trinajstić information content (AvgIpc) is 3.53. The molecule has 1 unspecified atom stereocenters. The van der Waals surface area contributed by atoms with E-state index >= 15 is 0 Å². The first kappa shape index (κ1) is 25.5. The minimum absolute atomic E-state index is 0.00705. The summed E-state index contributed by atoms with van der Waals surface area (Å²) < 4.78 is 1.28. The molecule has 2 aliphatic rings. The monoisotopic (exact) mass is 636 g/mol. The number of benzene rings is 5. The number of fused-ring (bicyclic) bond motifs is 4. The van der Waals surface area contributed by atoms with Crippen LogP contribution in [0.3, 0.4) is 0 Å². The maximum atomic E-state index is 7.89. The SMILES string of the molecule is Cc1ccccc1-c1c(C)ccc2c1C=C(c1ccccc1)[CH]2[Zr]([Cl])([Cl])[c]1cccc2c1[SiH2]c1ccccc1-2. The molecule has 0 saturated carbocycles. The molecule has 0 nitrogen and oxygen atoms in total. The molecule has 1 heterocycles. The van der Waals surface area contributed by atoms with Crippen LogP contribution in [0.1, 0.15) is 31.4 Å². The molecule has 0 radical (unpaired) electrons. The predicted molar refractivity (Wildman–Crippen MR) is 169 cm³/mol. The summed E-state index contributed by atoms with van der Waals surface area (Å²) in [5.74, 6) is 0. The van der Waals surface area contributed by atoms with Gasteiger partial charge in [0.2, 0.25) is 0 Å². The van der Waals surface area contributed by atoms with Crippen molar-refractivity contribution < 1.29 is 17.9 Å². The zero-order chi connectivity index (χ0) is 26.7. The van der Waals surface area contributed by atoms with Crippen molar-refractivity contribution in [3.8, 4) is 22.3 Å². The molecule has 1 atom stereocenters. The van der Waals surface area contributed by atoms with E-state index in [1.807, 2.05) is 0 Å². The molecule has 0 N–H and O–H groups in total. The van der Waals surface area contributed by atoms with Crippen LogP contribution in [0.4, 0.5) is 0 Å². The summed E-state index contributed by atoms with van der Waals surface area (Å²) in [6.45, 7) is 4.42. The van der Waals surface area contributed by atoms with Gasteiger partial charge in [-0.2, -0.15) is 0 Å². The van der Waals surface area contributed by atoms with Crippen LogP contribution in [-0.4, -0.2) is 9.52 Å². The normalized spacial score (nSPS) is 16.1. The molecule has 0 saturated heterocycles. The van der Waals surface area contributed by atoms with E-state index in [0.29, 0.717) is 0 Å². The molecular formula is C35H28Cl2SiZr. The van der Waals surface area contributed by atoms with E-state index in [-0.39, 0.29) is 3.63 Å². The molecule has 0 bridgehead atoms. The zero-order valence-electron chi connectivity index (χ0n) is 22.0. The summed E-state index contributed by atoms with van der Waals surface area (Å²) in [4.78, 5) is 0. The van der Waals surface area contributed by atoms with Gasteiger partial charge in [0.1, 0.15) is 0 Å². The van der Waals surface area contributed by atoms with Crippen LogP contribution in [-0.2, 0) is 17.9 Å². The van der Waals surface area contributed by atoms with Gasteiger partial charge in [-0.1, -0.05) is 0 Å². The Bertz CT molecular complexity index is 1790.